The van der Waals surface area contributed by atoms with Crippen LogP contribution < -0.4 is 4.31 Å². The van der Waals surface area contributed by atoms with Crippen LogP contribution in [0.25, 0.3) is 0 Å². The van der Waals surface area contributed by atoms with Crippen LogP contribution in [0.1, 0.15) is 50.7 Å². The third kappa shape index (κ3) is 4.38. The highest BCUT2D eigenvalue weighted by Crippen LogP contribution is 2.41. The fourth-order valence-corrected chi connectivity index (χ4v) is 4.99. The molecule has 5 nitrogen and oxygen atoms in total. The largest absolute Gasteiger partial charge is 0.460 e. The second-order valence-corrected chi connectivity index (χ2v) is 10.1. The molecular formula is C22H27NO4S. The predicted octanol–water partition coefficient (Wildman–Crippen LogP) is 4.41. The number of aryl methyl sites for hydroxylation is 1. The molecule has 1 aliphatic heterocycles. The van der Waals surface area contributed by atoms with Gasteiger partial charge >= 0.3 is 5.97 Å². The summed E-state index contributed by atoms with van der Waals surface area (Å²) < 4.78 is 33.3. The summed E-state index contributed by atoms with van der Waals surface area (Å²) in [4.78, 5) is 12.4. The van der Waals surface area contributed by atoms with E-state index in [0.29, 0.717) is 18.7 Å². The Bertz CT molecular complexity index is 959. The lowest BCUT2D eigenvalue weighted by atomic mass is 9.96. The molecule has 28 heavy (non-hydrogen) atoms. The average Bonchev–Trinajstić information content (AvgIpc) is 2.98. The van der Waals surface area contributed by atoms with E-state index in [1.54, 1.807) is 24.3 Å². The molecule has 150 valence electrons. The Morgan fingerprint density at radius 2 is 1.75 bits per heavy atom. The monoisotopic (exact) mass is 401 g/mol. The number of hydrogen-bond acceptors (Lipinski definition) is 4. The molecule has 0 unspecified atom stereocenters. The van der Waals surface area contributed by atoms with Gasteiger partial charge in [0, 0.05) is 18.9 Å². The number of esters is 1. The lowest BCUT2D eigenvalue weighted by Crippen LogP contribution is -2.30. The van der Waals surface area contributed by atoms with Crippen LogP contribution in [0.15, 0.2) is 53.4 Å². The van der Waals surface area contributed by atoms with Gasteiger partial charge in [0.15, 0.2) is 0 Å². The van der Waals surface area contributed by atoms with Gasteiger partial charge < -0.3 is 4.74 Å². The number of para-hydroxylation sites is 1. The molecule has 3 rings (SSSR count). The Morgan fingerprint density at radius 1 is 1.11 bits per heavy atom. The van der Waals surface area contributed by atoms with Gasteiger partial charge in [0.25, 0.3) is 10.0 Å². The Hall–Kier alpha value is -2.34. The van der Waals surface area contributed by atoms with Gasteiger partial charge in [0.2, 0.25) is 0 Å². The number of ether oxygens (including phenoxy) is 1. The van der Waals surface area contributed by atoms with E-state index in [-0.39, 0.29) is 23.2 Å². The molecule has 1 atom stereocenters. The highest BCUT2D eigenvalue weighted by Gasteiger charge is 2.36. The topological polar surface area (TPSA) is 63.7 Å². The number of hydrogen-bond donors (Lipinski definition) is 0. The van der Waals surface area contributed by atoms with E-state index in [1.165, 1.54) is 4.31 Å². The van der Waals surface area contributed by atoms with Crippen molar-refractivity contribution >= 4 is 21.7 Å². The fraction of sp³-hybridized carbons (Fsp3) is 0.409. The van der Waals surface area contributed by atoms with E-state index >= 15 is 0 Å². The summed E-state index contributed by atoms with van der Waals surface area (Å²) in [7, 11) is -3.65. The zero-order valence-electron chi connectivity index (χ0n) is 16.8. The summed E-state index contributed by atoms with van der Waals surface area (Å²) in [5.74, 6) is -0.297. The molecule has 0 aromatic heterocycles. The molecular weight excluding hydrogens is 374 g/mol. The van der Waals surface area contributed by atoms with Gasteiger partial charge in [0.05, 0.1) is 10.6 Å². The SMILES string of the molecule is Cc1ccc(S(=O)(=O)N2C[C@@H](CCC(=O)OC(C)(C)C)c3ccccc32)cc1. The van der Waals surface area contributed by atoms with Crippen molar-refractivity contribution in [1.82, 2.24) is 0 Å². The van der Waals surface area contributed by atoms with Crippen LogP contribution in [0, 0.1) is 6.92 Å². The molecule has 1 aliphatic rings. The molecule has 0 fully saturated rings. The fourth-order valence-electron chi connectivity index (χ4n) is 3.45. The first-order valence-corrected chi connectivity index (χ1v) is 10.9. The quantitative estimate of drug-likeness (QED) is 0.696. The molecule has 0 aliphatic carbocycles. The van der Waals surface area contributed by atoms with E-state index in [4.69, 9.17) is 4.74 Å². The van der Waals surface area contributed by atoms with Crippen molar-refractivity contribution in [2.75, 3.05) is 10.8 Å². The summed E-state index contributed by atoms with van der Waals surface area (Å²) in [6.45, 7) is 7.77. The molecule has 1 heterocycles. The van der Waals surface area contributed by atoms with Crippen LogP contribution in [0.5, 0.6) is 0 Å². The van der Waals surface area contributed by atoms with Crippen molar-refractivity contribution < 1.29 is 17.9 Å². The number of fused-ring (bicyclic) bond motifs is 1. The number of anilines is 1. The van der Waals surface area contributed by atoms with Gasteiger partial charge in [-0.3, -0.25) is 9.10 Å². The van der Waals surface area contributed by atoms with E-state index in [9.17, 15) is 13.2 Å². The Balaban J connectivity index is 1.82. The highest BCUT2D eigenvalue weighted by atomic mass is 32.2. The lowest BCUT2D eigenvalue weighted by molar-refractivity contribution is -0.155. The maximum atomic E-state index is 13.2. The number of benzene rings is 2. The normalized spacial score (nSPS) is 16.7. The molecule has 6 heteroatoms. The van der Waals surface area contributed by atoms with Crippen molar-refractivity contribution in [1.29, 1.82) is 0 Å². The third-order valence-corrected chi connectivity index (χ3v) is 6.55. The zero-order chi connectivity index (χ0) is 20.5. The van der Waals surface area contributed by atoms with Crippen LogP contribution >= 0.6 is 0 Å². The van der Waals surface area contributed by atoms with Gasteiger partial charge in [-0.15, -0.1) is 0 Å². The second kappa shape index (κ2) is 7.59. The van der Waals surface area contributed by atoms with Crippen LogP contribution in [0.2, 0.25) is 0 Å². The molecule has 0 spiro atoms. The maximum absolute atomic E-state index is 13.2. The van der Waals surface area contributed by atoms with E-state index in [1.807, 2.05) is 52.0 Å². The van der Waals surface area contributed by atoms with Gasteiger partial charge in [-0.05, 0) is 57.9 Å². The number of sulfonamides is 1. The van der Waals surface area contributed by atoms with E-state index in [2.05, 4.69) is 0 Å². The van der Waals surface area contributed by atoms with Crippen molar-refractivity contribution in [2.24, 2.45) is 0 Å². The van der Waals surface area contributed by atoms with Gasteiger partial charge in [-0.25, -0.2) is 8.42 Å². The van der Waals surface area contributed by atoms with Crippen LogP contribution in [0.4, 0.5) is 5.69 Å². The van der Waals surface area contributed by atoms with E-state index < -0.39 is 15.6 Å². The number of carbonyl (C=O) groups is 1. The smallest absolute Gasteiger partial charge is 0.306 e. The first kappa shape index (κ1) is 20.4. The average molecular weight is 402 g/mol. The Morgan fingerprint density at radius 3 is 2.39 bits per heavy atom. The first-order chi connectivity index (χ1) is 13.1. The summed E-state index contributed by atoms with van der Waals surface area (Å²) >= 11 is 0. The summed E-state index contributed by atoms with van der Waals surface area (Å²) in [6, 6.07) is 14.4. The van der Waals surface area contributed by atoms with Gasteiger partial charge in [0.1, 0.15) is 5.60 Å². The third-order valence-electron chi connectivity index (χ3n) is 4.76. The number of nitrogens with zero attached hydrogens (tertiary/aromatic N) is 1. The molecule has 0 saturated carbocycles. The van der Waals surface area contributed by atoms with Gasteiger partial charge in [-0.2, -0.15) is 0 Å². The zero-order valence-corrected chi connectivity index (χ0v) is 17.6. The minimum absolute atomic E-state index is 0.0380. The van der Waals surface area contributed by atoms with Crippen LogP contribution in [0.3, 0.4) is 0 Å². The standard InChI is InChI=1S/C22H27NO4S/c1-16-9-12-18(13-10-16)28(25,26)23-15-17(19-7-5-6-8-20(19)23)11-14-21(24)27-22(2,3)4/h5-10,12-13,17H,11,14-15H2,1-4H3/t17-/m1/s1. The minimum atomic E-state index is -3.65. The number of rotatable bonds is 5. The molecule has 2 aromatic rings. The molecule has 0 amide bonds. The minimum Gasteiger partial charge on any atom is -0.460 e. The van der Waals surface area contributed by atoms with Crippen LogP contribution in [-0.4, -0.2) is 26.5 Å². The molecule has 0 bridgehead atoms. The highest BCUT2D eigenvalue weighted by molar-refractivity contribution is 7.92. The lowest BCUT2D eigenvalue weighted by Gasteiger charge is -2.21. The predicted molar refractivity (Wildman–Crippen MR) is 110 cm³/mol. The van der Waals surface area contributed by atoms with Crippen LogP contribution in [-0.2, 0) is 19.6 Å². The van der Waals surface area contributed by atoms with E-state index in [0.717, 1.165) is 11.1 Å². The Kier molecular flexibility index (Phi) is 5.53. The van der Waals surface area contributed by atoms with Crippen molar-refractivity contribution in [3.05, 3.63) is 59.7 Å². The molecule has 0 saturated heterocycles. The Labute approximate surface area is 167 Å². The van der Waals surface area contributed by atoms with Gasteiger partial charge in [-0.1, -0.05) is 35.9 Å². The molecule has 2 aromatic carbocycles. The molecule has 0 radical (unpaired) electrons. The summed E-state index contributed by atoms with van der Waals surface area (Å²) in [5.41, 5.74) is 2.14. The first-order valence-electron chi connectivity index (χ1n) is 9.48. The van der Waals surface area contributed by atoms with Crippen molar-refractivity contribution in [3.63, 3.8) is 0 Å². The van der Waals surface area contributed by atoms with Crippen molar-refractivity contribution in [3.8, 4) is 0 Å². The second-order valence-electron chi connectivity index (χ2n) is 8.23. The summed E-state index contributed by atoms with van der Waals surface area (Å²) in [5, 5.41) is 0. The maximum Gasteiger partial charge on any atom is 0.306 e. The number of carbonyl (C=O) groups excluding carboxylic acids is 1. The summed E-state index contributed by atoms with van der Waals surface area (Å²) in [6.07, 6.45) is 0.806. The van der Waals surface area contributed by atoms with Crippen molar-refractivity contribution in [2.45, 2.75) is 57.0 Å². The molecule has 0 N–H and O–H groups in total.